The van der Waals surface area contributed by atoms with Gasteiger partial charge in [0.2, 0.25) is 0 Å². The zero-order chi connectivity index (χ0) is 11.4. The molecule has 2 atom stereocenters. The van der Waals surface area contributed by atoms with Gasteiger partial charge in [0.1, 0.15) is 0 Å². The van der Waals surface area contributed by atoms with Crippen molar-refractivity contribution in [1.29, 1.82) is 0 Å². The highest BCUT2D eigenvalue weighted by Crippen LogP contribution is 2.18. The van der Waals surface area contributed by atoms with E-state index in [0.717, 1.165) is 25.9 Å². The van der Waals surface area contributed by atoms with Crippen molar-refractivity contribution < 1.29 is 4.74 Å². The molecule has 0 saturated carbocycles. The highest BCUT2D eigenvalue weighted by Gasteiger charge is 2.21. The Balaban J connectivity index is 1.65. The molecule has 2 saturated heterocycles. The second-order valence-corrected chi connectivity index (χ2v) is 5.37. The maximum atomic E-state index is 5.40. The molecule has 2 aliphatic heterocycles. The number of hydrogen-bond donors (Lipinski definition) is 0. The van der Waals surface area contributed by atoms with Gasteiger partial charge in [0.15, 0.2) is 0 Å². The first kappa shape index (κ1) is 12.3. The van der Waals surface area contributed by atoms with Gasteiger partial charge in [-0.15, -0.1) is 0 Å². The van der Waals surface area contributed by atoms with Gasteiger partial charge in [0.25, 0.3) is 0 Å². The van der Waals surface area contributed by atoms with Crippen molar-refractivity contribution in [1.82, 2.24) is 9.80 Å². The average Bonchev–Trinajstić information content (AvgIpc) is 2.95. The largest absolute Gasteiger partial charge is 0.365 e. The quantitative estimate of drug-likeness (QED) is 0.712. The van der Waals surface area contributed by atoms with Crippen LogP contribution < -0.4 is 0 Å². The van der Waals surface area contributed by atoms with Crippen LogP contribution in [0.25, 0.3) is 0 Å². The minimum absolute atomic E-state index is 0.688. The van der Waals surface area contributed by atoms with E-state index in [2.05, 4.69) is 23.6 Å². The molecular formula is C13H26N2O. The van der Waals surface area contributed by atoms with Crippen molar-refractivity contribution in [3.63, 3.8) is 0 Å². The summed E-state index contributed by atoms with van der Waals surface area (Å²) < 4.78 is 5.40. The fourth-order valence-electron chi connectivity index (χ4n) is 2.81. The van der Waals surface area contributed by atoms with E-state index in [1.807, 2.05) is 0 Å². The Kier molecular flexibility index (Phi) is 4.62. The number of hydrogen-bond acceptors (Lipinski definition) is 3. The van der Waals surface area contributed by atoms with Crippen LogP contribution in [0.2, 0.25) is 0 Å². The molecule has 3 heteroatoms. The summed E-state index contributed by atoms with van der Waals surface area (Å²) in [5, 5.41) is 0. The Labute approximate surface area is 99.7 Å². The molecule has 2 aliphatic rings. The number of likely N-dealkylation sites (tertiary alicyclic amines) is 1. The fraction of sp³-hybridized carbons (Fsp3) is 1.00. The maximum absolute atomic E-state index is 5.40. The van der Waals surface area contributed by atoms with Gasteiger partial charge in [-0.25, -0.2) is 0 Å². The van der Waals surface area contributed by atoms with Crippen LogP contribution >= 0.6 is 0 Å². The summed E-state index contributed by atoms with van der Waals surface area (Å²) in [5.41, 5.74) is 0. The van der Waals surface area contributed by atoms with Crippen LogP contribution in [0.1, 0.15) is 39.5 Å². The molecule has 0 spiro atoms. The van der Waals surface area contributed by atoms with Gasteiger partial charge in [-0.1, -0.05) is 0 Å². The van der Waals surface area contributed by atoms with Crippen molar-refractivity contribution in [2.45, 2.75) is 51.6 Å². The molecule has 0 amide bonds. The van der Waals surface area contributed by atoms with E-state index in [4.69, 9.17) is 4.74 Å². The van der Waals surface area contributed by atoms with Crippen LogP contribution in [0.3, 0.4) is 0 Å². The van der Waals surface area contributed by atoms with E-state index in [0.29, 0.717) is 6.04 Å². The zero-order valence-corrected chi connectivity index (χ0v) is 10.8. The molecular weight excluding hydrogens is 200 g/mol. The van der Waals surface area contributed by atoms with E-state index in [1.165, 1.54) is 38.8 Å². The van der Waals surface area contributed by atoms with E-state index in [1.54, 1.807) is 0 Å². The van der Waals surface area contributed by atoms with Crippen LogP contribution in [-0.2, 0) is 4.74 Å². The summed E-state index contributed by atoms with van der Waals surface area (Å²) >= 11 is 0. The lowest BCUT2D eigenvalue weighted by Gasteiger charge is -2.27. The van der Waals surface area contributed by atoms with Gasteiger partial charge in [0, 0.05) is 18.6 Å². The molecule has 2 fully saturated rings. The lowest BCUT2D eigenvalue weighted by atomic mass is 10.1. The Hall–Kier alpha value is -0.120. The van der Waals surface area contributed by atoms with Crippen molar-refractivity contribution >= 4 is 0 Å². The Morgan fingerprint density at radius 3 is 2.12 bits per heavy atom. The van der Waals surface area contributed by atoms with Crippen molar-refractivity contribution in [3.8, 4) is 0 Å². The first-order chi connectivity index (χ1) is 7.77. The molecule has 0 aromatic carbocycles. The molecule has 0 aromatic rings. The second-order valence-electron chi connectivity index (χ2n) is 5.37. The maximum Gasteiger partial charge on any atom is 0.0993 e. The van der Waals surface area contributed by atoms with E-state index < -0.39 is 0 Å². The second kappa shape index (κ2) is 5.99. The van der Waals surface area contributed by atoms with Crippen LogP contribution in [0.15, 0.2) is 0 Å². The smallest absolute Gasteiger partial charge is 0.0993 e. The molecule has 0 bridgehead atoms. The molecule has 0 aromatic heterocycles. The van der Waals surface area contributed by atoms with Gasteiger partial charge in [-0.05, 0) is 52.6 Å². The van der Waals surface area contributed by atoms with E-state index in [-0.39, 0.29) is 0 Å². The van der Waals surface area contributed by atoms with Gasteiger partial charge >= 0.3 is 0 Å². The molecule has 2 heterocycles. The van der Waals surface area contributed by atoms with Crippen LogP contribution in [0.5, 0.6) is 0 Å². The monoisotopic (exact) mass is 226 g/mol. The average molecular weight is 226 g/mol. The fourth-order valence-corrected chi connectivity index (χ4v) is 2.81. The lowest BCUT2D eigenvalue weighted by Crippen LogP contribution is -2.34. The molecule has 0 radical (unpaired) electrons. The van der Waals surface area contributed by atoms with Crippen LogP contribution in [0.4, 0.5) is 0 Å². The normalized spacial score (nSPS) is 27.4. The summed E-state index contributed by atoms with van der Waals surface area (Å²) in [6.07, 6.45) is 5.44. The third-order valence-corrected chi connectivity index (χ3v) is 4.17. The minimum Gasteiger partial charge on any atom is -0.365 e. The Bertz CT molecular complexity index is 176. The molecule has 94 valence electrons. The first-order valence-corrected chi connectivity index (χ1v) is 6.83. The molecule has 2 rings (SSSR count). The Morgan fingerprint density at radius 1 is 0.938 bits per heavy atom. The lowest BCUT2D eigenvalue weighted by molar-refractivity contribution is 0.111. The topological polar surface area (TPSA) is 15.7 Å². The Morgan fingerprint density at radius 2 is 1.56 bits per heavy atom. The van der Waals surface area contributed by atoms with Gasteiger partial charge in [-0.3, -0.25) is 4.90 Å². The van der Waals surface area contributed by atoms with Crippen molar-refractivity contribution in [2.24, 2.45) is 0 Å². The minimum atomic E-state index is 0.688. The molecule has 0 N–H and O–H groups in total. The van der Waals surface area contributed by atoms with E-state index in [9.17, 15) is 0 Å². The summed E-state index contributed by atoms with van der Waals surface area (Å²) in [7, 11) is 0. The molecule has 3 nitrogen and oxygen atoms in total. The molecule has 0 aliphatic carbocycles. The number of ether oxygens (including phenoxy) is 1. The standard InChI is InChI=1S/C13H26N2O/c1-12(14-7-3-4-8-14)5-6-13(2)15-9-10-16-11-15/h12-13H,3-11H2,1-2H3. The van der Waals surface area contributed by atoms with Crippen LogP contribution in [0, 0.1) is 0 Å². The third kappa shape index (κ3) is 3.19. The summed E-state index contributed by atoms with van der Waals surface area (Å²) in [6.45, 7) is 10.3. The van der Waals surface area contributed by atoms with E-state index >= 15 is 0 Å². The predicted octanol–water partition coefficient (Wildman–Crippen LogP) is 1.93. The molecule has 2 unspecified atom stereocenters. The first-order valence-electron chi connectivity index (χ1n) is 6.83. The molecule has 16 heavy (non-hydrogen) atoms. The number of nitrogens with zero attached hydrogens (tertiary/aromatic N) is 2. The predicted molar refractivity (Wildman–Crippen MR) is 66.5 cm³/mol. The SMILES string of the molecule is CC(CCC(C)N1CCOC1)N1CCCC1. The summed E-state index contributed by atoms with van der Waals surface area (Å²) in [4.78, 5) is 5.10. The van der Waals surface area contributed by atoms with Gasteiger partial charge in [-0.2, -0.15) is 0 Å². The van der Waals surface area contributed by atoms with Crippen LogP contribution in [-0.4, -0.2) is 54.9 Å². The third-order valence-electron chi connectivity index (χ3n) is 4.17. The highest BCUT2D eigenvalue weighted by atomic mass is 16.5. The van der Waals surface area contributed by atoms with Gasteiger partial charge < -0.3 is 9.64 Å². The van der Waals surface area contributed by atoms with Gasteiger partial charge in [0.05, 0.1) is 13.3 Å². The summed E-state index contributed by atoms with van der Waals surface area (Å²) in [5.74, 6) is 0. The summed E-state index contributed by atoms with van der Waals surface area (Å²) in [6, 6.07) is 1.46. The number of rotatable bonds is 5. The zero-order valence-electron chi connectivity index (χ0n) is 10.8. The van der Waals surface area contributed by atoms with Crippen molar-refractivity contribution in [3.05, 3.63) is 0 Å². The highest BCUT2D eigenvalue weighted by molar-refractivity contribution is 4.76. The van der Waals surface area contributed by atoms with Crippen molar-refractivity contribution in [2.75, 3.05) is 33.0 Å².